The second kappa shape index (κ2) is 5.13. The van der Waals surface area contributed by atoms with E-state index in [4.69, 9.17) is 11.6 Å². The molecule has 88 valence electrons. The van der Waals surface area contributed by atoms with Crippen molar-refractivity contribution >= 4 is 11.6 Å². The molecular formula is C12H16ClFN2. The van der Waals surface area contributed by atoms with Gasteiger partial charge in [-0.15, -0.1) is 0 Å². The van der Waals surface area contributed by atoms with Gasteiger partial charge in [0.15, 0.2) is 0 Å². The van der Waals surface area contributed by atoms with Crippen LogP contribution in [0.2, 0.25) is 5.02 Å². The van der Waals surface area contributed by atoms with Gasteiger partial charge in [0.1, 0.15) is 5.82 Å². The molecule has 1 unspecified atom stereocenters. The average Bonchev–Trinajstić information content (AvgIpc) is 2.32. The Bertz CT molecular complexity index is 364. The fraction of sp³-hybridized carbons (Fsp3) is 0.500. The van der Waals surface area contributed by atoms with Crippen molar-refractivity contribution in [2.45, 2.75) is 13.0 Å². The van der Waals surface area contributed by atoms with Gasteiger partial charge in [0.25, 0.3) is 0 Å². The van der Waals surface area contributed by atoms with Crippen LogP contribution < -0.4 is 5.32 Å². The fourth-order valence-corrected chi connectivity index (χ4v) is 2.28. The first-order chi connectivity index (χ1) is 7.68. The molecular weight excluding hydrogens is 227 g/mol. The minimum absolute atomic E-state index is 0.0841. The zero-order chi connectivity index (χ0) is 11.5. The molecule has 0 radical (unpaired) electrons. The van der Waals surface area contributed by atoms with Crippen LogP contribution in [0.5, 0.6) is 0 Å². The molecule has 0 saturated carbocycles. The van der Waals surface area contributed by atoms with Crippen molar-refractivity contribution in [2.24, 2.45) is 0 Å². The number of hydrogen-bond acceptors (Lipinski definition) is 2. The summed E-state index contributed by atoms with van der Waals surface area (Å²) in [6.45, 7) is 5.86. The van der Waals surface area contributed by atoms with Gasteiger partial charge >= 0.3 is 0 Å². The number of nitrogens with one attached hydrogen (secondary N) is 1. The molecule has 1 aromatic rings. The van der Waals surface area contributed by atoms with Gasteiger partial charge in [0, 0.05) is 42.8 Å². The summed E-state index contributed by atoms with van der Waals surface area (Å²) in [5.74, 6) is -0.171. The van der Waals surface area contributed by atoms with Gasteiger partial charge in [-0.1, -0.05) is 11.6 Å². The van der Waals surface area contributed by atoms with E-state index >= 15 is 0 Å². The molecule has 4 heteroatoms. The van der Waals surface area contributed by atoms with E-state index in [1.807, 2.05) is 6.92 Å². The third-order valence-corrected chi connectivity index (χ3v) is 3.34. The molecule has 2 nitrogen and oxygen atoms in total. The van der Waals surface area contributed by atoms with Crippen LogP contribution in [0, 0.1) is 5.82 Å². The number of rotatable bonds is 2. The quantitative estimate of drug-likeness (QED) is 0.857. The Morgan fingerprint density at radius 3 is 2.75 bits per heavy atom. The van der Waals surface area contributed by atoms with Crippen LogP contribution in [-0.2, 0) is 0 Å². The Kier molecular flexibility index (Phi) is 3.79. The van der Waals surface area contributed by atoms with E-state index in [1.54, 1.807) is 12.1 Å². The minimum Gasteiger partial charge on any atom is -0.314 e. The maximum absolute atomic E-state index is 13.7. The zero-order valence-electron chi connectivity index (χ0n) is 9.34. The number of benzene rings is 1. The van der Waals surface area contributed by atoms with Crippen molar-refractivity contribution < 1.29 is 4.39 Å². The second-order valence-electron chi connectivity index (χ2n) is 4.13. The van der Waals surface area contributed by atoms with Crippen molar-refractivity contribution in [3.63, 3.8) is 0 Å². The van der Waals surface area contributed by atoms with E-state index in [9.17, 15) is 4.39 Å². The van der Waals surface area contributed by atoms with E-state index in [0.29, 0.717) is 10.6 Å². The van der Waals surface area contributed by atoms with Gasteiger partial charge in [-0.05, 0) is 25.1 Å². The first kappa shape index (κ1) is 11.8. The molecule has 16 heavy (non-hydrogen) atoms. The summed E-state index contributed by atoms with van der Waals surface area (Å²) in [7, 11) is 0. The highest BCUT2D eigenvalue weighted by Crippen LogP contribution is 2.25. The summed E-state index contributed by atoms with van der Waals surface area (Å²) in [5, 5.41) is 3.88. The van der Waals surface area contributed by atoms with Crippen LogP contribution in [0.25, 0.3) is 0 Å². The average molecular weight is 243 g/mol. The molecule has 1 heterocycles. The third-order valence-electron chi connectivity index (χ3n) is 3.11. The van der Waals surface area contributed by atoms with Crippen molar-refractivity contribution in [3.05, 3.63) is 34.6 Å². The number of hydrogen-bond donors (Lipinski definition) is 1. The van der Waals surface area contributed by atoms with Crippen molar-refractivity contribution in [1.82, 2.24) is 10.2 Å². The Morgan fingerprint density at radius 2 is 2.06 bits per heavy atom. The maximum Gasteiger partial charge on any atom is 0.128 e. The normalized spacial score (nSPS) is 19.7. The lowest BCUT2D eigenvalue weighted by molar-refractivity contribution is 0.182. The van der Waals surface area contributed by atoms with Crippen LogP contribution in [0.4, 0.5) is 4.39 Å². The van der Waals surface area contributed by atoms with Crippen molar-refractivity contribution in [2.75, 3.05) is 26.2 Å². The van der Waals surface area contributed by atoms with Crippen LogP contribution in [-0.4, -0.2) is 31.1 Å². The predicted molar refractivity (Wildman–Crippen MR) is 64.3 cm³/mol. The van der Waals surface area contributed by atoms with Crippen LogP contribution in [0.15, 0.2) is 18.2 Å². The van der Waals surface area contributed by atoms with E-state index in [1.165, 1.54) is 6.07 Å². The number of piperazine rings is 1. The van der Waals surface area contributed by atoms with Gasteiger partial charge in [0.05, 0.1) is 0 Å². The molecule has 0 aromatic heterocycles. The SMILES string of the molecule is CC(c1cc(Cl)ccc1F)N1CCNCC1. The molecule has 0 amide bonds. The van der Waals surface area contributed by atoms with Crippen molar-refractivity contribution in [1.29, 1.82) is 0 Å². The molecule has 1 aliphatic rings. The highest BCUT2D eigenvalue weighted by atomic mass is 35.5. The smallest absolute Gasteiger partial charge is 0.128 e. The molecule has 1 N–H and O–H groups in total. The fourth-order valence-electron chi connectivity index (χ4n) is 2.10. The molecule has 0 aliphatic carbocycles. The highest BCUT2D eigenvalue weighted by Gasteiger charge is 2.20. The van der Waals surface area contributed by atoms with Gasteiger partial charge in [0.2, 0.25) is 0 Å². The summed E-state index contributed by atoms with van der Waals surface area (Å²) in [4.78, 5) is 2.27. The van der Waals surface area contributed by atoms with Gasteiger partial charge in [-0.2, -0.15) is 0 Å². The summed E-state index contributed by atoms with van der Waals surface area (Å²) in [5.41, 5.74) is 0.689. The lowest BCUT2D eigenvalue weighted by atomic mass is 10.1. The highest BCUT2D eigenvalue weighted by molar-refractivity contribution is 6.30. The van der Waals surface area contributed by atoms with Crippen LogP contribution in [0.1, 0.15) is 18.5 Å². The summed E-state index contributed by atoms with van der Waals surface area (Å²) in [6.07, 6.45) is 0. The van der Waals surface area contributed by atoms with Gasteiger partial charge in [-0.3, -0.25) is 4.90 Å². The lowest BCUT2D eigenvalue weighted by Gasteiger charge is -2.33. The molecule has 0 spiro atoms. The van der Waals surface area contributed by atoms with Gasteiger partial charge < -0.3 is 5.32 Å². The standard InChI is InChI=1S/C12H16ClFN2/c1-9(16-6-4-15-5-7-16)11-8-10(13)2-3-12(11)14/h2-3,8-9,15H,4-7H2,1H3. The Balaban J connectivity index is 2.18. The van der Waals surface area contributed by atoms with Crippen LogP contribution >= 0.6 is 11.6 Å². The van der Waals surface area contributed by atoms with E-state index in [2.05, 4.69) is 10.2 Å². The summed E-state index contributed by atoms with van der Waals surface area (Å²) < 4.78 is 13.7. The molecule has 0 bridgehead atoms. The minimum atomic E-state index is -0.171. The third kappa shape index (κ3) is 2.54. The first-order valence-electron chi connectivity index (χ1n) is 5.58. The molecule has 1 fully saturated rings. The zero-order valence-corrected chi connectivity index (χ0v) is 10.1. The largest absolute Gasteiger partial charge is 0.314 e. The summed E-state index contributed by atoms with van der Waals surface area (Å²) in [6, 6.07) is 4.84. The topological polar surface area (TPSA) is 15.3 Å². The van der Waals surface area contributed by atoms with E-state index in [0.717, 1.165) is 26.2 Å². The van der Waals surface area contributed by atoms with E-state index in [-0.39, 0.29) is 11.9 Å². The molecule has 1 aromatic carbocycles. The van der Waals surface area contributed by atoms with Crippen LogP contribution in [0.3, 0.4) is 0 Å². The Hall–Kier alpha value is -0.640. The molecule has 2 rings (SSSR count). The second-order valence-corrected chi connectivity index (χ2v) is 4.56. The maximum atomic E-state index is 13.7. The molecule has 1 saturated heterocycles. The monoisotopic (exact) mass is 242 g/mol. The first-order valence-corrected chi connectivity index (χ1v) is 5.96. The van der Waals surface area contributed by atoms with Gasteiger partial charge in [-0.25, -0.2) is 4.39 Å². The molecule has 1 aliphatic heterocycles. The summed E-state index contributed by atoms with van der Waals surface area (Å²) >= 11 is 5.90. The number of nitrogens with zero attached hydrogens (tertiary/aromatic N) is 1. The van der Waals surface area contributed by atoms with E-state index < -0.39 is 0 Å². The molecule has 1 atom stereocenters. The number of halogens is 2. The Labute approximate surface area is 100 Å². The van der Waals surface area contributed by atoms with Crippen molar-refractivity contribution in [3.8, 4) is 0 Å². The predicted octanol–water partition coefficient (Wildman–Crippen LogP) is 2.45. The lowest BCUT2D eigenvalue weighted by Crippen LogP contribution is -2.44. The Morgan fingerprint density at radius 1 is 1.38 bits per heavy atom.